The molecule has 1 aliphatic rings. The summed E-state index contributed by atoms with van der Waals surface area (Å²) in [6.45, 7) is 7.88. The van der Waals surface area contributed by atoms with Crippen LogP contribution in [-0.4, -0.2) is 24.3 Å². The molecule has 1 heterocycles. The van der Waals surface area contributed by atoms with Crippen LogP contribution in [0.5, 0.6) is 0 Å². The minimum absolute atomic E-state index is 0.212. The minimum Gasteiger partial charge on any atom is -0.394 e. The summed E-state index contributed by atoms with van der Waals surface area (Å²) in [4.78, 5) is 0. The predicted molar refractivity (Wildman–Crippen MR) is 55.6 cm³/mol. The highest BCUT2D eigenvalue weighted by atomic mass is 16.3. The molecule has 2 N–H and O–H groups in total. The second kappa shape index (κ2) is 4.77. The van der Waals surface area contributed by atoms with Crippen LogP contribution >= 0.6 is 0 Å². The number of aliphatic hydroxyl groups excluding tert-OH is 1. The van der Waals surface area contributed by atoms with Crippen molar-refractivity contribution < 1.29 is 5.11 Å². The van der Waals surface area contributed by atoms with Crippen molar-refractivity contribution in [2.75, 3.05) is 13.2 Å². The lowest BCUT2D eigenvalue weighted by Gasteiger charge is -2.31. The Morgan fingerprint density at radius 3 is 2.69 bits per heavy atom. The van der Waals surface area contributed by atoms with E-state index >= 15 is 0 Å². The Bertz CT molecular complexity index is 196. The van der Waals surface area contributed by atoms with Crippen LogP contribution in [0.15, 0.2) is 11.1 Å². The van der Waals surface area contributed by atoms with Gasteiger partial charge in [-0.15, -0.1) is 0 Å². The van der Waals surface area contributed by atoms with Gasteiger partial charge in [-0.1, -0.05) is 26.3 Å². The monoisotopic (exact) mass is 183 g/mol. The third-order valence-corrected chi connectivity index (χ3v) is 2.83. The van der Waals surface area contributed by atoms with E-state index in [1.165, 1.54) is 5.57 Å². The molecule has 1 rings (SSSR count). The first-order chi connectivity index (χ1) is 6.20. The van der Waals surface area contributed by atoms with Crippen molar-refractivity contribution in [3.63, 3.8) is 0 Å². The molecule has 0 fully saturated rings. The van der Waals surface area contributed by atoms with Gasteiger partial charge in [0.25, 0.3) is 0 Å². The van der Waals surface area contributed by atoms with Gasteiger partial charge in [0, 0.05) is 0 Å². The third-order valence-electron chi connectivity index (χ3n) is 2.83. The number of hydrogen-bond donors (Lipinski definition) is 2. The molecule has 0 amide bonds. The fraction of sp³-hybridized carbons (Fsp3) is 0.818. The van der Waals surface area contributed by atoms with E-state index in [0.29, 0.717) is 5.92 Å². The highest BCUT2D eigenvalue weighted by molar-refractivity contribution is 5.24. The van der Waals surface area contributed by atoms with Gasteiger partial charge in [0.05, 0.1) is 12.6 Å². The summed E-state index contributed by atoms with van der Waals surface area (Å²) in [5.41, 5.74) is 2.99. The Hall–Kier alpha value is -0.340. The molecule has 1 unspecified atom stereocenters. The molecule has 0 aromatic rings. The maximum atomic E-state index is 9.23. The molecule has 0 aromatic carbocycles. The maximum Gasteiger partial charge on any atom is 0.0623 e. The summed E-state index contributed by atoms with van der Waals surface area (Å²) in [6, 6.07) is 0.212. The summed E-state index contributed by atoms with van der Waals surface area (Å²) in [5.74, 6) is 0.555. The molecule has 0 aliphatic carbocycles. The van der Waals surface area contributed by atoms with Gasteiger partial charge in [-0.25, -0.2) is 0 Å². The fourth-order valence-corrected chi connectivity index (χ4v) is 2.25. The van der Waals surface area contributed by atoms with E-state index in [1.54, 1.807) is 5.57 Å². The highest BCUT2D eigenvalue weighted by Gasteiger charge is 2.22. The van der Waals surface area contributed by atoms with Crippen LogP contribution in [0.1, 0.15) is 33.6 Å². The zero-order chi connectivity index (χ0) is 9.84. The lowest BCUT2D eigenvalue weighted by molar-refractivity contribution is 0.247. The molecule has 0 saturated carbocycles. The van der Waals surface area contributed by atoms with E-state index in [9.17, 15) is 5.11 Å². The van der Waals surface area contributed by atoms with Crippen molar-refractivity contribution in [2.45, 2.75) is 39.7 Å². The van der Waals surface area contributed by atoms with E-state index in [0.717, 1.165) is 19.4 Å². The Morgan fingerprint density at radius 1 is 1.54 bits per heavy atom. The smallest absolute Gasteiger partial charge is 0.0623 e. The third kappa shape index (κ3) is 2.32. The molecule has 0 saturated heterocycles. The SMILES string of the molecule is CCC1=C(C(C)C)C(CO)NCC1. The van der Waals surface area contributed by atoms with Gasteiger partial charge in [-0.3, -0.25) is 0 Å². The number of aliphatic hydroxyl groups is 1. The van der Waals surface area contributed by atoms with Crippen LogP contribution in [0.3, 0.4) is 0 Å². The van der Waals surface area contributed by atoms with Crippen molar-refractivity contribution in [2.24, 2.45) is 5.92 Å². The second-order valence-electron chi connectivity index (χ2n) is 4.01. The summed E-state index contributed by atoms with van der Waals surface area (Å²) in [5, 5.41) is 12.6. The molecule has 1 aliphatic heterocycles. The van der Waals surface area contributed by atoms with Crippen LogP contribution in [0, 0.1) is 5.92 Å². The molecule has 0 aromatic heterocycles. The first-order valence-corrected chi connectivity index (χ1v) is 5.26. The van der Waals surface area contributed by atoms with Crippen LogP contribution in [0.2, 0.25) is 0 Å². The number of hydrogen-bond acceptors (Lipinski definition) is 2. The van der Waals surface area contributed by atoms with Gasteiger partial charge in [0.15, 0.2) is 0 Å². The molecular formula is C11H21NO. The first kappa shape index (κ1) is 10.7. The average molecular weight is 183 g/mol. The van der Waals surface area contributed by atoms with Crippen molar-refractivity contribution in [1.82, 2.24) is 5.32 Å². The molecule has 1 atom stereocenters. The van der Waals surface area contributed by atoms with Crippen LogP contribution < -0.4 is 5.32 Å². The normalized spacial score (nSPS) is 24.2. The van der Waals surface area contributed by atoms with Gasteiger partial charge in [0.1, 0.15) is 0 Å². The molecule has 76 valence electrons. The van der Waals surface area contributed by atoms with Crippen LogP contribution in [0.4, 0.5) is 0 Å². The maximum absolute atomic E-state index is 9.23. The lowest BCUT2D eigenvalue weighted by atomic mass is 9.86. The summed E-state index contributed by atoms with van der Waals surface area (Å²) < 4.78 is 0. The van der Waals surface area contributed by atoms with E-state index in [1.807, 2.05) is 0 Å². The van der Waals surface area contributed by atoms with Gasteiger partial charge < -0.3 is 10.4 Å². The number of rotatable bonds is 3. The standard InChI is InChI=1S/C11H21NO/c1-4-9-5-6-12-10(7-13)11(9)8(2)3/h8,10,12-13H,4-7H2,1-3H3. The summed E-state index contributed by atoms with van der Waals surface area (Å²) in [6.07, 6.45) is 2.28. The average Bonchev–Trinajstić information content (AvgIpc) is 2.16. The molecule has 0 bridgehead atoms. The minimum atomic E-state index is 0.212. The van der Waals surface area contributed by atoms with E-state index in [4.69, 9.17) is 0 Å². The van der Waals surface area contributed by atoms with Gasteiger partial charge >= 0.3 is 0 Å². The molecule has 13 heavy (non-hydrogen) atoms. The Labute approximate surface area is 81.0 Å². The van der Waals surface area contributed by atoms with E-state index in [-0.39, 0.29) is 12.6 Å². The van der Waals surface area contributed by atoms with Crippen molar-refractivity contribution in [1.29, 1.82) is 0 Å². The van der Waals surface area contributed by atoms with Crippen molar-refractivity contribution >= 4 is 0 Å². The predicted octanol–water partition coefficient (Wildman–Crippen LogP) is 1.70. The highest BCUT2D eigenvalue weighted by Crippen LogP contribution is 2.26. The largest absolute Gasteiger partial charge is 0.394 e. The molecule has 0 radical (unpaired) electrons. The summed E-state index contributed by atoms with van der Waals surface area (Å²) >= 11 is 0. The van der Waals surface area contributed by atoms with Crippen molar-refractivity contribution in [3.8, 4) is 0 Å². The van der Waals surface area contributed by atoms with Crippen LogP contribution in [0.25, 0.3) is 0 Å². The van der Waals surface area contributed by atoms with Crippen molar-refractivity contribution in [3.05, 3.63) is 11.1 Å². The number of nitrogens with one attached hydrogen (secondary N) is 1. The fourth-order valence-electron chi connectivity index (χ4n) is 2.25. The Balaban J connectivity index is 2.89. The van der Waals surface area contributed by atoms with Gasteiger partial charge in [-0.05, 0) is 30.9 Å². The summed E-state index contributed by atoms with van der Waals surface area (Å²) in [7, 11) is 0. The zero-order valence-electron chi connectivity index (χ0n) is 8.93. The topological polar surface area (TPSA) is 32.3 Å². The molecule has 2 heteroatoms. The Morgan fingerprint density at radius 2 is 2.23 bits per heavy atom. The lowest BCUT2D eigenvalue weighted by Crippen LogP contribution is -2.40. The second-order valence-corrected chi connectivity index (χ2v) is 4.01. The molecule has 2 nitrogen and oxygen atoms in total. The van der Waals surface area contributed by atoms with Crippen LogP contribution in [-0.2, 0) is 0 Å². The zero-order valence-corrected chi connectivity index (χ0v) is 8.93. The quantitative estimate of drug-likeness (QED) is 0.653. The Kier molecular flexibility index (Phi) is 3.94. The first-order valence-electron chi connectivity index (χ1n) is 5.26. The van der Waals surface area contributed by atoms with Gasteiger partial charge in [0.2, 0.25) is 0 Å². The molecule has 0 spiro atoms. The molecular weight excluding hydrogens is 162 g/mol. The van der Waals surface area contributed by atoms with Gasteiger partial charge in [-0.2, -0.15) is 0 Å². The van der Waals surface area contributed by atoms with E-state index < -0.39 is 0 Å². The van der Waals surface area contributed by atoms with E-state index in [2.05, 4.69) is 26.1 Å².